The molecular weight excluding hydrogens is 510 g/mol. The number of alkyl halides is 6. The summed E-state index contributed by atoms with van der Waals surface area (Å²) in [6.45, 7) is 8.38. The van der Waals surface area contributed by atoms with Crippen LogP contribution < -0.4 is 10.1 Å². The van der Waals surface area contributed by atoms with E-state index in [0.29, 0.717) is 32.1 Å². The Labute approximate surface area is 211 Å². The predicted molar refractivity (Wildman–Crippen MR) is 130 cm³/mol. The van der Waals surface area contributed by atoms with Crippen molar-refractivity contribution in [1.29, 1.82) is 0 Å². The Morgan fingerprint density at radius 3 is 2.03 bits per heavy atom. The SMILES string of the molecule is CC.CC.CF.FC(F)c1ncnc(NCCc2ccc(Oc3ccc(C(F)(F)F)cn3)cc2)c1Cl. The van der Waals surface area contributed by atoms with E-state index in [2.05, 4.69) is 20.3 Å². The lowest BCUT2D eigenvalue weighted by molar-refractivity contribution is -0.137. The van der Waals surface area contributed by atoms with Gasteiger partial charge in [-0.25, -0.2) is 23.7 Å². The lowest BCUT2D eigenvalue weighted by Crippen LogP contribution is -2.08. The van der Waals surface area contributed by atoms with Crippen LogP contribution in [0.2, 0.25) is 5.02 Å². The summed E-state index contributed by atoms with van der Waals surface area (Å²) in [5.41, 5.74) is -0.496. The van der Waals surface area contributed by atoms with E-state index in [4.69, 9.17) is 16.3 Å². The van der Waals surface area contributed by atoms with Crippen LogP contribution in [0.5, 0.6) is 11.6 Å². The monoisotopic (exact) mass is 538 g/mol. The molecule has 0 aliphatic rings. The van der Waals surface area contributed by atoms with Gasteiger partial charge in [0.15, 0.2) is 0 Å². The highest BCUT2D eigenvalue weighted by atomic mass is 35.5. The Morgan fingerprint density at radius 2 is 1.53 bits per heavy atom. The van der Waals surface area contributed by atoms with E-state index in [1.54, 1.807) is 24.3 Å². The summed E-state index contributed by atoms with van der Waals surface area (Å²) in [5.74, 6) is 0.556. The van der Waals surface area contributed by atoms with Crippen molar-refractivity contribution in [3.8, 4) is 11.6 Å². The van der Waals surface area contributed by atoms with Crippen molar-refractivity contribution in [1.82, 2.24) is 15.0 Å². The first kappa shape index (κ1) is 32.9. The average molecular weight is 539 g/mol. The van der Waals surface area contributed by atoms with E-state index in [9.17, 15) is 26.3 Å². The third-order valence-corrected chi connectivity index (χ3v) is 4.31. The molecule has 200 valence electrons. The number of nitrogens with one attached hydrogen (secondary N) is 1. The number of benzene rings is 1. The van der Waals surface area contributed by atoms with E-state index in [1.165, 1.54) is 0 Å². The van der Waals surface area contributed by atoms with Crippen LogP contribution in [0.25, 0.3) is 0 Å². The van der Waals surface area contributed by atoms with Gasteiger partial charge in [-0.3, -0.25) is 4.39 Å². The molecule has 0 atom stereocenters. The van der Waals surface area contributed by atoms with Crippen molar-refractivity contribution in [2.45, 2.75) is 46.7 Å². The Kier molecular flexibility index (Phi) is 15.9. The summed E-state index contributed by atoms with van der Waals surface area (Å²) in [4.78, 5) is 11.0. The minimum Gasteiger partial charge on any atom is -0.439 e. The Hall–Kier alpha value is -3.08. The molecule has 1 aromatic carbocycles. The Bertz CT molecular complexity index is 987. The minimum absolute atomic E-state index is 0.0330. The van der Waals surface area contributed by atoms with Crippen molar-refractivity contribution < 1.29 is 31.1 Å². The molecule has 0 spiro atoms. The number of ether oxygens (including phenoxy) is 1. The van der Waals surface area contributed by atoms with Gasteiger partial charge in [-0.05, 0) is 30.2 Å². The van der Waals surface area contributed by atoms with Crippen LogP contribution in [0.3, 0.4) is 0 Å². The van der Waals surface area contributed by atoms with Gasteiger partial charge in [-0.1, -0.05) is 51.4 Å². The Morgan fingerprint density at radius 1 is 0.917 bits per heavy atom. The molecule has 0 saturated heterocycles. The number of hydrogen-bond donors (Lipinski definition) is 1. The predicted octanol–water partition coefficient (Wildman–Crippen LogP) is 8.57. The summed E-state index contributed by atoms with van der Waals surface area (Å²) >= 11 is 5.87. The largest absolute Gasteiger partial charge is 0.439 e. The number of nitrogens with zero attached hydrogens (tertiary/aromatic N) is 3. The summed E-state index contributed by atoms with van der Waals surface area (Å²) in [6.07, 6.45) is -5.02. The first-order valence-electron chi connectivity index (χ1n) is 10.9. The molecule has 0 aliphatic heterocycles. The summed E-state index contributed by atoms with van der Waals surface area (Å²) in [6, 6.07) is 8.82. The molecule has 36 heavy (non-hydrogen) atoms. The third-order valence-electron chi connectivity index (χ3n) is 3.94. The van der Waals surface area contributed by atoms with E-state index < -0.39 is 23.9 Å². The van der Waals surface area contributed by atoms with Crippen LogP contribution in [0.4, 0.5) is 32.2 Å². The van der Waals surface area contributed by atoms with Crippen LogP contribution in [0, 0.1) is 0 Å². The minimum atomic E-state index is -4.46. The van der Waals surface area contributed by atoms with Gasteiger partial charge in [-0.2, -0.15) is 13.2 Å². The van der Waals surface area contributed by atoms with Crippen molar-refractivity contribution >= 4 is 17.4 Å². The highest BCUT2D eigenvalue weighted by Gasteiger charge is 2.30. The van der Waals surface area contributed by atoms with Gasteiger partial charge >= 0.3 is 6.18 Å². The van der Waals surface area contributed by atoms with Gasteiger partial charge in [0.25, 0.3) is 6.43 Å². The standard InChI is InChI=1S/C19H14ClF5N4O.2C2H6.CH3F/c20-15-16(17(21)22)28-10-29-18(15)26-8-7-11-1-4-13(5-2-11)30-14-6-3-12(9-27-14)19(23,24)25;3*1-2/h1-6,9-10,17H,7-8H2,(H,26,28,29);2*1-2H3;1H3. The molecule has 0 aliphatic carbocycles. The maximum Gasteiger partial charge on any atom is 0.417 e. The fraction of sp³-hybridized carbons (Fsp3) is 0.375. The molecule has 1 N–H and O–H groups in total. The molecule has 3 rings (SSSR count). The van der Waals surface area contributed by atoms with Crippen molar-refractivity contribution in [3.05, 3.63) is 70.8 Å². The van der Waals surface area contributed by atoms with Crippen molar-refractivity contribution in [2.24, 2.45) is 0 Å². The summed E-state index contributed by atoms with van der Waals surface area (Å²) in [5, 5.41) is 2.66. The summed E-state index contributed by atoms with van der Waals surface area (Å²) < 4.78 is 78.1. The number of anilines is 1. The van der Waals surface area contributed by atoms with Gasteiger partial charge in [0.05, 0.1) is 12.7 Å². The molecule has 0 bridgehead atoms. The smallest absolute Gasteiger partial charge is 0.417 e. The van der Waals surface area contributed by atoms with E-state index in [-0.39, 0.29) is 16.7 Å². The van der Waals surface area contributed by atoms with E-state index >= 15 is 0 Å². The molecule has 0 radical (unpaired) electrons. The number of hydrogen-bond acceptors (Lipinski definition) is 5. The topological polar surface area (TPSA) is 59.9 Å². The number of halogens is 7. The van der Waals surface area contributed by atoms with Crippen LogP contribution in [0.1, 0.15) is 50.9 Å². The number of pyridine rings is 1. The van der Waals surface area contributed by atoms with Crippen LogP contribution in [0.15, 0.2) is 48.9 Å². The second kappa shape index (κ2) is 17.4. The second-order valence-corrected chi connectivity index (χ2v) is 6.41. The molecular formula is C24H29ClF6N4O. The zero-order valence-electron chi connectivity index (χ0n) is 20.5. The van der Waals surface area contributed by atoms with Gasteiger partial charge in [0.1, 0.15) is 28.6 Å². The van der Waals surface area contributed by atoms with Crippen LogP contribution in [-0.4, -0.2) is 28.7 Å². The van der Waals surface area contributed by atoms with Gasteiger partial charge < -0.3 is 10.1 Å². The van der Waals surface area contributed by atoms with Crippen molar-refractivity contribution in [2.75, 3.05) is 19.0 Å². The fourth-order valence-corrected chi connectivity index (χ4v) is 2.68. The summed E-state index contributed by atoms with van der Waals surface area (Å²) in [7, 11) is 0.500. The van der Waals surface area contributed by atoms with Gasteiger partial charge in [0, 0.05) is 18.8 Å². The molecule has 2 heterocycles. The highest BCUT2D eigenvalue weighted by Crippen LogP contribution is 2.30. The van der Waals surface area contributed by atoms with Gasteiger partial charge in [-0.15, -0.1) is 0 Å². The molecule has 0 fully saturated rings. The highest BCUT2D eigenvalue weighted by molar-refractivity contribution is 6.33. The molecule has 2 aromatic heterocycles. The molecule has 3 aromatic rings. The molecule has 0 unspecified atom stereocenters. The number of rotatable bonds is 7. The molecule has 0 saturated carbocycles. The van der Waals surface area contributed by atoms with E-state index in [1.807, 2.05) is 27.7 Å². The maximum absolute atomic E-state index is 12.8. The van der Waals surface area contributed by atoms with Gasteiger partial charge in [0.2, 0.25) is 5.88 Å². The first-order valence-corrected chi connectivity index (χ1v) is 11.3. The molecule has 5 nitrogen and oxygen atoms in total. The molecule has 12 heteroatoms. The zero-order valence-corrected chi connectivity index (χ0v) is 21.3. The maximum atomic E-state index is 12.8. The lowest BCUT2D eigenvalue weighted by atomic mass is 10.1. The fourth-order valence-electron chi connectivity index (χ4n) is 2.44. The quantitative estimate of drug-likeness (QED) is 0.305. The Balaban J connectivity index is 0.00000190. The van der Waals surface area contributed by atoms with E-state index in [0.717, 1.165) is 24.0 Å². The van der Waals surface area contributed by atoms with Crippen LogP contribution >= 0.6 is 11.6 Å². The van der Waals surface area contributed by atoms with Crippen LogP contribution in [-0.2, 0) is 12.6 Å². The lowest BCUT2D eigenvalue weighted by Gasteiger charge is -2.10. The first-order chi connectivity index (χ1) is 17.2. The third kappa shape index (κ3) is 10.7. The normalized spacial score (nSPS) is 10.1. The van der Waals surface area contributed by atoms with Crippen molar-refractivity contribution in [3.63, 3.8) is 0 Å². The zero-order chi connectivity index (χ0) is 27.7. The number of aromatic nitrogens is 3. The molecule has 0 amide bonds. The second-order valence-electron chi connectivity index (χ2n) is 6.03. The average Bonchev–Trinajstić information content (AvgIpc) is 2.89.